The second kappa shape index (κ2) is 7.17. The molecule has 0 amide bonds. The fourth-order valence-electron chi connectivity index (χ4n) is 2.76. The summed E-state index contributed by atoms with van der Waals surface area (Å²) in [5.74, 6) is 0.682. The Labute approximate surface area is 128 Å². The van der Waals surface area contributed by atoms with Gasteiger partial charge in [-0.05, 0) is 42.5 Å². The molecule has 1 aromatic rings. The minimum Gasteiger partial charge on any atom is -0.0843 e. The molecule has 0 radical (unpaired) electrons. The third-order valence-corrected chi connectivity index (χ3v) is 5.64. The molecular formula is C15H19BrCl2. The van der Waals surface area contributed by atoms with E-state index in [1.165, 1.54) is 44.9 Å². The molecule has 0 aliphatic heterocycles. The van der Waals surface area contributed by atoms with Gasteiger partial charge in [0.25, 0.3) is 0 Å². The van der Waals surface area contributed by atoms with Gasteiger partial charge in [0.1, 0.15) is 0 Å². The quantitative estimate of drug-likeness (QED) is 0.515. The molecule has 1 aromatic carbocycles. The van der Waals surface area contributed by atoms with E-state index in [-0.39, 0.29) is 0 Å². The summed E-state index contributed by atoms with van der Waals surface area (Å²) in [6, 6.07) is 5.75. The first-order chi connectivity index (χ1) is 8.68. The fraction of sp³-hybridized carbons (Fsp3) is 0.600. The Balaban J connectivity index is 2.12. The lowest BCUT2D eigenvalue weighted by Gasteiger charge is -2.25. The Kier molecular flexibility index (Phi) is 5.85. The highest BCUT2D eigenvalue weighted by Crippen LogP contribution is 2.42. The number of rotatable bonds is 2. The molecule has 18 heavy (non-hydrogen) atoms. The van der Waals surface area contributed by atoms with Crippen LogP contribution in [0, 0.1) is 5.92 Å². The van der Waals surface area contributed by atoms with E-state index < -0.39 is 0 Å². The van der Waals surface area contributed by atoms with Crippen molar-refractivity contribution in [1.29, 1.82) is 0 Å². The zero-order valence-corrected chi connectivity index (χ0v) is 13.6. The summed E-state index contributed by atoms with van der Waals surface area (Å²) in [4.78, 5) is 0.335. The molecule has 0 spiro atoms. The average molecular weight is 350 g/mol. The molecule has 0 N–H and O–H groups in total. The molecule has 1 saturated carbocycles. The second-order valence-electron chi connectivity index (χ2n) is 5.17. The largest absolute Gasteiger partial charge is 0.0843 e. The van der Waals surface area contributed by atoms with Gasteiger partial charge in [-0.1, -0.05) is 71.2 Å². The fourth-order valence-corrected chi connectivity index (χ4v) is 4.22. The molecule has 1 aliphatic rings. The monoisotopic (exact) mass is 348 g/mol. The molecule has 0 aromatic heterocycles. The summed E-state index contributed by atoms with van der Waals surface area (Å²) in [5.41, 5.74) is 1.15. The van der Waals surface area contributed by atoms with Crippen LogP contribution in [-0.4, -0.2) is 0 Å². The maximum Gasteiger partial charge on any atom is 0.0450 e. The Morgan fingerprint density at radius 2 is 1.61 bits per heavy atom. The summed E-state index contributed by atoms with van der Waals surface area (Å²) < 4.78 is 0. The lowest BCUT2D eigenvalue weighted by atomic mass is 9.86. The minimum absolute atomic E-state index is 0.335. The van der Waals surface area contributed by atoms with Crippen LogP contribution in [0.25, 0.3) is 0 Å². The minimum atomic E-state index is 0.335. The molecule has 1 aliphatic carbocycles. The molecule has 1 fully saturated rings. The first kappa shape index (κ1) is 14.7. The van der Waals surface area contributed by atoms with Crippen LogP contribution in [0.5, 0.6) is 0 Å². The SMILES string of the molecule is Clc1ccc(Cl)c(C(Br)C2CCCCCCC2)c1. The first-order valence-electron chi connectivity index (χ1n) is 6.77. The summed E-state index contributed by atoms with van der Waals surface area (Å²) in [5, 5.41) is 1.59. The highest BCUT2D eigenvalue weighted by atomic mass is 79.9. The van der Waals surface area contributed by atoms with Gasteiger partial charge in [0.05, 0.1) is 0 Å². The molecule has 0 nitrogen and oxygen atoms in total. The van der Waals surface area contributed by atoms with E-state index in [1.807, 2.05) is 18.2 Å². The van der Waals surface area contributed by atoms with Crippen LogP contribution >= 0.6 is 39.1 Å². The summed E-state index contributed by atoms with van der Waals surface area (Å²) in [6.45, 7) is 0. The number of benzene rings is 1. The van der Waals surface area contributed by atoms with Crippen molar-refractivity contribution in [2.45, 2.75) is 49.8 Å². The van der Waals surface area contributed by atoms with Gasteiger partial charge in [0.15, 0.2) is 0 Å². The van der Waals surface area contributed by atoms with E-state index in [4.69, 9.17) is 23.2 Å². The lowest BCUT2D eigenvalue weighted by molar-refractivity contribution is 0.374. The van der Waals surface area contributed by atoms with Crippen LogP contribution in [0.2, 0.25) is 10.0 Å². The zero-order valence-electron chi connectivity index (χ0n) is 10.5. The molecule has 100 valence electrons. The van der Waals surface area contributed by atoms with Crippen molar-refractivity contribution in [2.24, 2.45) is 5.92 Å². The van der Waals surface area contributed by atoms with E-state index in [0.29, 0.717) is 10.7 Å². The van der Waals surface area contributed by atoms with Gasteiger partial charge >= 0.3 is 0 Å². The van der Waals surface area contributed by atoms with Crippen molar-refractivity contribution in [3.8, 4) is 0 Å². The Morgan fingerprint density at radius 3 is 2.28 bits per heavy atom. The van der Waals surface area contributed by atoms with Crippen molar-refractivity contribution < 1.29 is 0 Å². The van der Waals surface area contributed by atoms with Gasteiger partial charge in [0, 0.05) is 14.9 Å². The van der Waals surface area contributed by atoms with Gasteiger partial charge < -0.3 is 0 Å². The Bertz CT molecular complexity index is 384. The van der Waals surface area contributed by atoms with Crippen molar-refractivity contribution in [3.05, 3.63) is 33.8 Å². The number of hydrogen-bond acceptors (Lipinski definition) is 0. The highest BCUT2D eigenvalue weighted by Gasteiger charge is 2.23. The summed E-state index contributed by atoms with van der Waals surface area (Å²) in [6.07, 6.45) is 9.41. The topological polar surface area (TPSA) is 0 Å². The lowest BCUT2D eigenvalue weighted by Crippen LogP contribution is -2.10. The van der Waals surface area contributed by atoms with Crippen LogP contribution in [0.3, 0.4) is 0 Å². The maximum absolute atomic E-state index is 6.29. The standard InChI is InChI=1S/C15H19BrCl2/c16-15(11-6-4-2-1-3-5-7-11)13-10-12(17)8-9-14(13)18/h8-11,15H,1-7H2. The van der Waals surface area contributed by atoms with Crippen LogP contribution in [0.4, 0.5) is 0 Å². The smallest absolute Gasteiger partial charge is 0.0450 e. The predicted molar refractivity (Wildman–Crippen MR) is 83.9 cm³/mol. The van der Waals surface area contributed by atoms with Crippen LogP contribution in [0.1, 0.15) is 55.3 Å². The van der Waals surface area contributed by atoms with Crippen LogP contribution in [0.15, 0.2) is 18.2 Å². The van der Waals surface area contributed by atoms with Crippen molar-refractivity contribution in [1.82, 2.24) is 0 Å². The molecule has 0 bridgehead atoms. The molecule has 3 heteroatoms. The van der Waals surface area contributed by atoms with Crippen LogP contribution < -0.4 is 0 Å². The van der Waals surface area contributed by atoms with Gasteiger partial charge in [-0.15, -0.1) is 0 Å². The molecule has 1 unspecified atom stereocenters. The van der Waals surface area contributed by atoms with Gasteiger partial charge in [0.2, 0.25) is 0 Å². The molecule has 1 atom stereocenters. The van der Waals surface area contributed by atoms with Crippen molar-refractivity contribution in [3.63, 3.8) is 0 Å². The first-order valence-corrected chi connectivity index (χ1v) is 8.44. The maximum atomic E-state index is 6.29. The molecular weight excluding hydrogens is 331 g/mol. The van der Waals surface area contributed by atoms with Crippen molar-refractivity contribution in [2.75, 3.05) is 0 Å². The number of hydrogen-bond donors (Lipinski definition) is 0. The van der Waals surface area contributed by atoms with E-state index >= 15 is 0 Å². The normalized spacial score (nSPS) is 20.2. The van der Waals surface area contributed by atoms with Gasteiger partial charge in [-0.2, -0.15) is 0 Å². The van der Waals surface area contributed by atoms with E-state index in [9.17, 15) is 0 Å². The average Bonchev–Trinajstić information content (AvgIpc) is 2.31. The van der Waals surface area contributed by atoms with Crippen LogP contribution in [-0.2, 0) is 0 Å². The Morgan fingerprint density at radius 1 is 1.00 bits per heavy atom. The third-order valence-electron chi connectivity index (χ3n) is 3.82. The molecule has 2 rings (SSSR count). The van der Waals surface area contributed by atoms with Gasteiger partial charge in [-0.25, -0.2) is 0 Å². The van der Waals surface area contributed by atoms with E-state index in [1.54, 1.807) is 0 Å². The zero-order chi connectivity index (χ0) is 13.0. The number of halogens is 3. The second-order valence-corrected chi connectivity index (χ2v) is 7.00. The third kappa shape index (κ3) is 3.88. The molecule has 0 saturated heterocycles. The summed E-state index contributed by atoms with van der Waals surface area (Å²) >= 11 is 16.2. The van der Waals surface area contributed by atoms with E-state index in [2.05, 4.69) is 15.9 Å². The molecule has 0 heterocycles. The Hall–Kier alpha value is 0.280. The predicted octanol–water partition coefficient (Wildman–Crippen LogP) is 6.79. The van der Waals surface area contributed by atoms with E-state index in [0.717, 1.165) is 15.6 Å². The number of alkyl halides is 1. The summed E-state index contributed by atoms with van der Waals surface area (Å²) in [7, 11) is 0. The van der Waals surface area contributed by atoms with Gasteiger partial charge in [-0.3, -0.25) is 0 Å². The highest BCUT2D eigenvalue weighted by molar-refractivity contribution is 9.09. The van der Waals surface area contributed by atoms with Crippen molar-refractivity contribution >= 4 is 39.1 Å².